The SMILES string of the molecule is O=c1c(CCN2CCC(c3noc4cc(F)ccc34)CC2)cnc2n1CCCC2. The number of hydrogen-bond donors (Lipinski definition) is 0. The molecular formula is C22H25FN4O2. The predicted molar refractivity (Wildman–Crippen MR) is 108 cm³/mol. The summed E-state index contributed by atoms with van der Waals surface area (Å²) in [6.07, 6.45) is 7.59. The summed E-state index contributed by atoms with van der Waals surface area (Å²) in [5.74, 6) is 0.960. The fraction of sp³-hybridized carbons (Fsp3) is 0.500. The van der Waals surface area contributed by atoms with Crippen molar-refractivity contribution in [3.8, 4) is 0 Å². The first-order valence-corrected chi connectivity index (χ1v) is 10.5. The Bertz CT molecular complexity index is 1080. The zero-order valence-corrected chi connectivity index (χ0v) is 16.4. The van der Waals surface area contributed by atoms with Gasteiger partial charge in [-0.05, 0) is 57.3 Å². The molecule has 152 valence electrons. The van der Waals surface area contributed by atoms with E-state index >= 15 is 0 Å². The largest absolute Gasteiger partial charge is 0.356 e. The van der Waals surface area contributed by atoms with Crippen LogP contribution in [-0.4, -0.2) is 39.2 Å². The van der Waals surface area contributed by atoms with E-state index in [0.29, 0.717) is 11.5 Å². The summed E-state index contributed by atoms with van der Waals surface area (Å²) in [7, 11) is 0. The molecule has 0 amide bonds. The van der Waals surface area contributed by atoms with Crippen molar-refractivity contribution in [1.29, 1.82) is 0 Å². The summed E-state index contributed by atoms with van der Waals surface area (Å²) in [6.45, 7) is 3.59. The molecule has 0 spiro atoms. The molecule has 4 heterocycles. The van der Waals surface area contributed by atoms with Gasteiger partial charge in [-0.2, -0.15) is 0 Å². The van der Waals surface area contributed by atoms with E-state index in [1.165, 1.54) is 12.1 Å². The lowest BCUT2D eigenvalue weighted by Gasteiger charge is -2.31. The Kier molecular flexibility index (Phi) is 4.91. The van der Waals surface area contributed by atoms with Crippen LogP contribution in [0.4, 0.5) is 4.39 Å². The molecule has 0 unspecified atom stereocenters. The number of halogens is 1. The lowest BCUT2D eigenvalue weighted by Crippen LogP contribution is -2.36. The van der Waals surface area contributed by atoms with Crippen LogP contribution in [0.1, 0.15) is 48.7 Å². The minimum Gasteiger partial charge on any atom is -0.356 e. The highest BCUT2D eigenvalue weighted by Crippen LogP contribution is 2.32. The van der Waals surface area contributed by atoms with Crippen molar-refractivity contribution in [2.45, 2.75) is 51.0 Å². The van der Waals surface area contributed by atoms with Gasteiger partial charge in [0.1, 0.15) is 11.6 Å². The number of benzene rings is 1. The molecule has 6 nitrogen and oxygen atoms in total. The van der Waals surface area contributed by atoms with Crippen molar-refractivity contribution in [2.24, 2.45) is 0 Å². The molecule has 0 bridgehead atoms. The third-order valence-electron chi connectivity index (χ3n) is 6.37. The van der Waals surface area contributed by atoms with E-state index in [0.717, 1.165) is 87.2 Å². The van der Waals surface area contributed by atoms with Crippen LogP contribution in [0, 0.1) is 5.82 Å². The quantitative estimate of drug-likeness (QED) is 0.677. The van der Waals surface area contributed by atoms with E-state index < -0.39 is 0 Å². The molecule has 2 aliphatic heterocycles. The maximum Gasteiger partial charge on any atom is 0.256 e. The lowest BCUT2D eigenvalue weighted by molar-refractivity contribution is 0.211. The van der Waals surface area contributed by atoms with Crippen molar-refractivity contribution in [3.63, 3.8) is 0 Å². The molecule has 7 heteroatoms. The third-order valence-corrected chi connectivity index (χ3v) is 6.37. The van der Waals surface area contributed by atoms with E-state index in [9.17, 15) is 9.18 Å². The molecular weight excluding hydrogens is 371 g/mol. The monoisotopic (exact) mass is 396 g/mol. The molecule has 3 aromatic rings. The second-order valence-electron chi connectivity index (χ2n) is 8.19. The highest BCUT2D eigenvalue weighted by molar-refractivity contribution is 5.79. The molecule has 1 aromatic carbocycles. The molecule has 0 N–H and O–H groups in total. The summed E-state index contributed by atoms with van der Waals surface area (Å²) in [6, 6.07) is 4.62. The third kappa shape index (κ3) is 3.59. The first-order chi connectivity index (χ1) is 14.2. The average Bonchev–Trinajstić information content (AvgIpc) is 3.17. The number of rotatable bonds is 4. The molecule has 2 aromatic heterocycles. The van der Waals surface area contributed by atoms with Crippen LogP contribution in [0.15, 0.2) is 33.7 Å². The molecule has 5 rings (SSSR count). The van der Waals surface area contributed by atoms with Crippen LogP contribution in [0.2, 0.25) is 0 Å². The van der Waals surface area contributed by atoms with Gasteiger partial charge in [-0.1, -0.05) is 5.16 Å². The molecule has 29 heavy (non-hydrogen) atoms. The Morgan fingerprint density at radius 1 is 1.17 bits per heavy atom. The van der Waals surface area contributed by atoms with Crippen LogP contribution in [-0.2, 0) is 19.4 Å². The van der Waals surface area contributed by atoms with E-state index in [1.807, 2.05) is 4.57 Å². The summed E-state index contributed by atoms with van der Waals surface area (Å²) in [5, 5.41) is 5.13. The standard InChI is InChI=1S/C22H25FN4O2/c23-17-4-5-18-19(13-17)29-25-21(18)15-6-10-26(11-7-15)12-8-16-14-24-20-3-1-2-9-27(20)22(16)28/h4-5,13-15H,1-3,6-12H2. The summed E-state index contributed by atoms with van der Waals surface area (Å²) >= 11 is 0. The lowest BCUT2D eigenvalue weighted by atomic mass is 9.91. The van der Waals surface area contributed by atoms with Crippen molar-refractivity contribution in [1.82, 2.24) is 19.6 Å². The number of aromatic nitrogens is 3. The maximum absolute atomic E-state index is 13.4. The second-order valence-corrected chi connectivity index (χ2v) is 8.19. The number of hydrogen-bond acceptors (Lipinski definition) is 5. The van der Waals surface area contributed by atoms with Crippen LogP contribution < -0.4 is 5.56 Å². The Hall–Kier alpha value is -2.54. The number of aryl methyl sites for hydroxylation is 1. The maximum atomic E-state index is 13.4. The minimum atomic E-state index is -0.303. The molecule has 2 aliphatic rings. The Balaban J connectivity index is 1.21. The van der Waals surface area contributed by atoms with Crippen molar-refractivity contribution in [2.75, 3.05) is 19.6 Å². The van der Waals surface area contributed by atoms with E-state index in [-0.39, 0.29) is 11.4 Å². The van der Waals surface area contributed by atoms with Gasteiger partial charge in [0.2, 0.25) is 0 Å². The van der Waals surface area contributed by atoms with Gasteiger partial charge in [0, 0.05) is 48.6 Å². The number of piperidine rings is 1. The van der Waals surface area contributed by atoms with Crippen LogP contribution >= 0.6 is 0 Å². The normalized spacial score (nSPS) is 18.2. The fourth-order valence-electron chi connectivity index (χ4n) is 4.66. The van der Waals surface area contributed by atoms with Gasteiger partial charge >= 0.3 is 0 Å². The van der Waals surface area contributed by atoms with Crippen molar-refractivity contribution in [3.05, 3.63) is 57.6 Å². The zero-order valence-electron chi connectivity index (χ0n) is 16.4. The topological polar surface area (TPSA) is 64.2 Å². The number of nitrogens with zero attached hydrogens (tertiary/aromatic N) is 4. The van der Waals surface area contributed by atoms with E-state index in [1.54, 1.807) is 12.3 Å². The molecule has 0 atom stereocenters. The Morgan fingerprint density at radius 3 is 2.90 bits per heavy atom. The van der Waals surface area contributed by atoms with Gasteiger partial charge in [0.15, 0.2) is 5.58 Å². The highest BCUT2D eigenvalue weighted by Gasteiger charge is 2.25. The summed E-state index contributed by atoms with van der Waals surface area (Å²) in [4.78, 5) is 19.6. The summed E-state index contributed by atoms with van der Waals surface area (Å²) < 4.78 is 20.6. The second kappa shape index (κ2) is 7.71. The van der Waals surface area contributed by atoms with Gasteiger partial charge in [0.25, 0.3) is 5.56 Å². The Morgan fingerprint density at radius 2 is 2.03 bits per heavy atom. The van der Waals surface area contributed by atoms with Gasteiger partial charge < -0.3 is 9.42 Å². The Labute approximate surface area is 168 Å². The molecule has 1 saturated heterocycles. The van der Waals surface area contributed by atoms with E-state index in [2.05, 4.69) is 15.0 Å². The van der Waals surface area contributed by atoms with Crippen molar-refractivity contribution < 1.29 is 8.91 Å². The van der Waals surface area contributed by atoms with Gasteiger partial charge in [-0.25, -0.2) is 9.37 Å². The number of fused-ring (bicyclic) bond motifs is 2. The van der Waals surface area contributed by atoms with Gasteiger partial charge in [-0.15, -0.1) is 0 Å². The van der Waals surface area contributed by atoms with Crippen LogP contribution in [0.5, 0.6) is 0 Å². The molecule has 0 saturated carbocycles. The minimum absolute atomic E-state index is 0.144. The molecule has 0 aliphatic carbocycles. The van der Waals surface area contributed by atoms with Gasteiger partial charge in [0.05, 0.1) is 5.69 Å². The summed E-state index contributed by atoms with van der Waals surface area (Å²) in [5.41, 5.74) is 2.42. The van der Waals surface area contributed by atoms with Crippen molar-refractivity contribution >= 4 is 11.0 Å². The van der Waals surface area contributed by atoms with E-state index in [4.69, 9.17) is 4.52 Å². The zero-order chi connectivity index (χ0) is 19.8. The molecule has 0 radical (unpaired) electrons. The fourth-order valence-corrected chi connectivity index (χ4v) is 4.66. The number of likely N-dealkylation sites (tertiary alicyclic amines) is 1. The predicted octanol–water partition coefficient (Wildman–Crippen LogP) is 3.28. The smallest absolute Gasteiger partial charge is 0.256 e. The average molecular weight is 396 g/mol. The molecule has 1 fully saturated rings. The van der Waals surface area contributed by atoms with Crippen LogP contribution in [0.3, 0.4) is 0 Å². The van der Waals surface area contributed by atoms with Crippen LogP contribution in [0.25, 0.3) is 11.0 Å². The highest BCUT2D eigenvalue weighted by atomic mass is 19.1. The van der Waals surface area contributed by atoms with Gasteiger partial charge in [-0.3, -0.25) is 9.36 Å². The first kappa shape index (κ1) is 18.5. The first-order valence-electron chi connectivity index (χ1n) is 10.5.